The molecule has 0 saturated carbocycles. The molecule has 0 unspecified atom stereocenters. The summed E-state index contributed by atoms with van der Waals surface area (Å²) in [7, 11) is 0. The molecule has 0 aromatic heterocycles. The highest BCUT2D eigenvalue weighted by Gasteiger charge is 2.14. The number of nitrogens with one attached hydrogen (secondary N) is 1. The van der Waals surface area contributed by atoms with E-state index in [1.807, 2.05) is 0 Å². The second-order valence-electron chi connectivity index (χ2n) is 5.22. The molecule has 0 bridgehead atoms. The van der Waals surface area contributed by atoms with Gasteiger partial charge in [-0.2, -0.15) is 0 Å². The second kappa shape index (κ2) is 8.28. The van der Waals surface area contributed by atoms with E-state index >= 15 is 0 Å². The van der Waals surface area contributed by atoms with Gasteiger partial charge in [0, 0.05) is 12.7 Å². The Labute approximate surface area is 126 Å². The highest BCUT2D eigenvalue weighted by atomic mass is 32.2. The maximum Gasteiger partial charge on any atom is 0.185 e. The Morgan fingerprint density at radius 2 is 2.00 bits per heavy atom. The summed E-state index contributed by atoms with van der Waals surface area (Å²) in [5, 5.41) is 3.61. The van der Waals surface area contributed by atoms with Gasteiger partial charge in [-0.05, 0) is 49.4 Å². The Morgan fingerprint density at radius 1 is 1.30 bits per heavy atom. The first kappa shape index (κ1) is 15.3. The number of carbonyl (C=O) groups is 1. The SMILES string of the molecule is CC(=O)SCCC=Cc1ccc(C2CCNCC2)cc1. The van der Waals surface area contributed by atoms with Crippen molar-refractivity contribution in [2.75, 3.05) is 18.8 Å². The summed E-state index contributed by atoms with van der Waals surface area (Å²) >= 11 is 1.39. The second-order valence-corrected chi connectivity index (χ2v) is 6.49. The van der Waals surface area contributed by atoms with Crippen LogP contribution in [0.1, 0.15) is 43.2 Å². The molecule has 3 heteroatoms. The van der Waals surface area contributed by atoms with Gasteiger partial charge in [-0.25, -0.2) is 0 Å². The third kappa shape index (κ3) is 5.14. The predicted molar refractivity (Wildman–Crippen MR) is 88.1 cm³/mol. The molecule has 2 nitrogen and oxygen atoms in total. The molecule has 1 heterocycles. The first-order chi connectivity index (χ1) is 9.75. The molecule has 1 aromatic carbocycles. The lowest BCUT2D eigenvalue weighted by atomic mass is 9.90. The van der Waals surface area contributed by atoms with Gasteiger partial charge >= 0.3 is 0 Å². The normalized spacial score (nSPS) is 16.6. The Bertz CT molecular complexity index is 447. The topological polar surface area (TPSA) is 29.1 Å². The lowest BCUT2D eigenvalue weighted by Gasteiger charge is -2.22. The van der Waals surface area contributed by atoms with Crippen molar-refractivity contribution in [1.82, 2.24) is 5.32 Å². The van der Waals surface area contributed by atoms with Crippen LogP contribution < -0.4 is 5.32 Å². The van der Waals surface area contributed by atoms with Gasteiger partial charge in [0.1, 0.15) is 0 Å². The Hall–Kier alpha value is -1.06. The largest absolute Gasteiger partial charge is 0.317 e. The van der Waals surface area contributed by atoms with Crippen LogP contribution in [-0.4, -0.2) is 24.0 Å². The van der Waals surface area contributed by atoms with E-state index in [1.165, 1.54) is 35.7 Å². The van der Waals surface area contributed by atoms with Gasteiger partial charge in [0.15, 0.2) is 5.12 Å². The fourth-order valence-electron chi connectivity index (χ4n) is 2.52. The van der Waals surface area contributed by atoms with Crippen LogP contribution in [0.15, 0.2) is 30.3 Å². The average molecular weight is 289 g/mol. The van der Waals surface area contributed by atoms with Crippen LogP contribution >= 0.6 is 11.8 Å². The zero-order valence-corrected chi connectivity index (χ0v) is 12.9. The van der Waals surface area contributed by atoms with Crippen molar-refractivity contribution in [2.24, 2.45) is 0 Å². The van der Waals surface area contributed by atoms with E-state index in [9.17, 15) is 4.79 Å². The molecule has 1 fully saturated rings. The van der Waals surface area contributed by atoms with Crippen LogP contribution in [0.4, 0.5) is 0 Å². The van der Waals surface area contributed by atoms with E-state index in [2.05, 4.69) is 41.7 Å². The van der Waals surface area contributed by atoms with Gasteiger partial charge in [0.2, 0.25) is 0 Å². The molecule has 1 aromatic rings. The number of benzene rings is 1. The molecule has 0 spiro atoms. The number of rotatable bonds is 5. The minimum Gasteiger partial charge on any atom is -0.317 e. The first-order valence-corrected chi connectivity index (χ1v) is 8.35. The van der Waals surface area contributed by atoms with Gasteiger partial charge in [-0.15, -0.1) is 0 Å². The summed E-state index contributed by atoms with van der Waals surface area (Å²) in [6.45, 7) is 3.90. The fourth-order valence-corrected chi connectivity index (χ4v) is 3.07. The molecule has 1 saturated heterocycles. The van der Waals surface area contributed by atoms with Crippen LogP contribution in [0.25, 0.3) is 6.08 Å². The molecular weight excluding hydrogens is 266 g/mol. The first-order valence-electron chi connectivity index (χ1n) is 7.36. The summed E-state index contributed by atoms with van der Waals surface area (Å²) in [6.07, 6.45) is 7.73. The summed E-state index contributed by atoms with van der Waals surface area (Å²) in [4.78, 5) is 10.8. The lowest BCUT2D eigenvalue weighted by molar-refractivity contribution is -0.109. The monoisotopic (exact) mass is 289 g/mol. The minimum absolute atomic E-state index is 0.199. The Kier molecular flexibility index (Phi) is 6.34. The lowest BCUT2D eigenvalue weighted by Crippen LogP contribution is -2.26. The van der Waals surface area contributed by atoms with Crippen molar-refractivity contribution >= 4 is 23.0 Å². The van der Waals surface area contributed by atoms with Gasteiger partial charge < -0.3 is 5.32 Å². The number of piperidine rings is 1. The molecule has 0 aliphatic carbocycles. The number of carbonyl (C=O) groups excluding carboxylic acids is 1. The third-order valence-corrected chi connectivity index (χ3v) is 4.49. The minimum atomic E-state index is 0.199. The van der Waals surface area contributed by atoms with Crippen molar-refractivity contribution in [1.29, 1.82) is 0 Å². The maximum absolute atomic E-state index is 10.8. The van der Waals surface area contributed by atoms with Crippen molar-refractivity contribution in [3.05, 3.63) is 41.5 Å². The molecule has 108 valence electrons. The van der Waals surface area contributed by atoms with E-state index in [0.717, 1.165) is 31.2 Å². The predicted octanol–water partition coefficient (Wildman–Crippen LogP) is 3.84. The number of thioether (sulfide) groups is 1. The van der Waals surface area contributed by atoms with Crippen LogP contribution in [-0.2, 0) is 4.79 Å². The van der Waals surface area contributed by atoms with E-state index < -0.39 is 0 Å². The third-order valence-electron chi connectivity index (χ3n) is 3.65. The molecule has 20 heavy (non-hydrogen) atoms. The quantitative estimate of drug-likeness (QED) is 0.835. The molecule has 0 radical (unpaired) electrons. The Balaban J connectivity index is 1.81. The summed E-state index contributed by atoms with van der Waals surface area (Å²) in [5.41, 5.74) is 2.71. The molecular formula is C17H23NOS. The molecule has 1 aliphatic heterocycles. The molecule has 1 aliphatic rings. The van der Waals surface area contributed by atoms with E-state index in [-0.39, 0.29) is 5.12 Å². The smallest absolute Gasteiger partial charge is 0.185 e. The molecule has 1 N–H and O–H groups in total. The highest BCUT2D eigenvalue weighted by Crippen LogP contribution is 2.25. The van der Waals surface area contributed by atoms with Crippen molar-refractivity contribution in [2.45, 2.75) is 32.1 Å². The Morgan fingerprint density at radius 3 is 2.65 bits per heavy atom. The van der Waals surface area contributed by atoms with Gasteiger partial charge in [0.05, 0.1) is 0 Å². The van der Waals surface area contributed by atoms with E-state index in [4.69, 9.17) is 0 Å². The number of hydrogen-bond acceptors (Lipinski definition) is 3. The van der Waals surface area contributed by atoms with Gasteiger partial charge in [-0.1, -0.05) is 48.2 Å². The summed E-state index contributed by atoms with van der Waals surface area (Å²) in [6, 6.07) is 8.93. The molecule has 0 atom stereocenters. The number of allylic oxidation sites excluding steroid dienone is 1. The summed E-state index contributed by atoms with van der Waals surface area (Å²) < 4.78 is 0. The van der Waals surface area contributed by atoms with Crippen LogP contribution in [0, 0.1) is 0 Å². The van der Waals surface area contributed by atoms with Crippen molar-refractivity contribution in [3.63, 3.8) is 0 Å². The standard InChI is InChI=1S/C17H23NOS/c1-14(19)20-13-3-2-4-15-5-7-16(8-6-15)17-9-11-18-12-10-17/h2,4-8,17-18H,3,9-13H2,1H3. The highest BCUT2D eigenvalue weighted by molar-refractivity contribution is 8.13. The van der Waals surface area contributed by atoms with Crippen molar-refractivity contribution < 1.29 is 4.79 Å². The van der Waals surface area contributed by atoms with Crippen molar-refractivity contribution in [3.8, 4) is 0 Å². The van der Waals surface area contributed by atoms with Crippen LogP contribution in [0.2, 0.25) is 0 Å². The fraction of sp³-hybridized carbons (Fsp3) is 0.471. The zero-order chi connectivity index (χ0) is 14.2. The number of hydrogen-bond donors (Lipinski definition) is 1. The average Bonchev–Trinajstić information content (AvgIpc) is 2.48. The maximum atomic E-state index is 10.8. The zero-order valence-electron chi connectivity index (χ0n) is 12.1. The molecule has 2 rings (SSSR count). The van der Waals surface area contributed by atoms with E-state index in [0.29, 0.717) is 0 Å². The van der Waals surface area contributed by atoms with Crippen LogP contribution in [0.5, 0.6) is 0 Å². The summed E-state index contributed by atoms with van der Waals surface area (Å²) in [5.74, 6) is 1.60. The van der Waals surface area contributed by atoms with Gasteiger partial charge in [-0.3, -0.25) is 4.79 Å². The van der Waals surface area contributed by atoms with Crippen LogP contribution in [0.3, 0.4) is 0 Å². The van der Waals surface area contributed by atoms with E-state index in [1.54, 1.807) is 6.92 Å². The van der Waals surface area contributed by atoms with Gasteiger partial charge in [0.25, 0.3) is 0 Å². The molecule has 0 amide bonds.